The molecule has 0 atom stereocenters. The molecule has 4 heteroatoms. The fourth-order valence-corrected chi connectivity index (χ4v) is 0.826. The van der Waals surface area contributed by atoms with Crippen molar-refractivity contribution >= 4 is 0 Å². The van der Waals surface area contributed by atoms with Crippen molar-refractivity contribution in [1.29, 1.82) is 5.26 Å². The van der Waals surface area contributed by atoms with Crippen LogP contribution in [0.3, 0.4) is 0 Å². The van der Waals surface area contributed by atoms with Crippen LogP contribution in [-0.4, -0.2) is 16.7 Å². The van der Waals surface area contributed by atoms with Crippen LogP contribution >= 0.6 is 0 Å². The van der Waals surface area contributed by atoms with Crippen molar-refractivity contribution in [1.82, 2.24) is 4.98 Å². The van der Waals surface area contributed by atoms with Gasteiger partial charge in [-0.1, -0.05) is 0 Å². The molecule has 0 aliphatic rings. The van der Waals surface area contributed by atoms with Crippen LogP contribution in [0.5, 0.6) is 0 Å². The molecule has 3 nitrogen and oxygen atoms in total. The first-order valence-electron chi connectivity index (χ1n) is 3.43. The molecule has 1 rings (SSSR count). The Morgan fingerprint density at radius 3 is 2.92 bits per heavy atom. The molecule has 0 amide bonds. The first-order chi connectivity index (χ1) is 5.77. The number of hydrogen-bond donors (Lipinski definition) is 1. The highest BCUT2D eigenvalue weighted by atomic mass is 19.1. The largest absolute Gasteiger partial charge is 0.396 e. The van der Waals surface area contributed by atoms with E-state index < -0.39 is 5.82 Å². The molecule has 0 aliphatic carbocycles. The number of hydrogen-bond acceptors (Lipinski definition) is 3. The van der Waals surface area contributed by atoms with Gasteiger partial charge < -0.3 is 5.11 Å². The highest BCUT2D eigenvalue weighted by molar-refractivity contribution is 5.25. The van der Waals surface area contributed by atoms with Crippen LogP contribution < -0.4 is 0 Å². The fraction of sp³-hybridized carbons (Fsp3) is 0.250. The Morgan fingerprint density at radius 2 is 2.42 bits per heavy atom. The second kappa shape index (κ2) is 3.79. The lowest BCUT2D eigenvalue weighted by molar-refractivity contribution is 0.299. The van der Waals surface area contributed by atoms with Crippen LogP contribution in [0.4, 0.5) is 4.39 Å². The van der Waals surface area contributed by atoms with Gasteiger partial charge in [0.05, 0.1) is 0 Å². The summed E-state index contributed by atoms with van der Waals surface area (Å²) in [6.07, 6.45) is 1.74. The summed E-state index contributed by atoms with van der Waals surface area (Å²) in [5, 5.41) is 16.9. The van der Waals surface area contributed by atoms with Gasteiger partial charge in [0, 0.05) is 12.8 Å². The number of nitrogens with zero attached hydrogens (tertiary/aromatic N) is 2. The van der Waals surface area contributed by atoms with E-state index in [1.165, 1.54) is 12.3 Å². The molecule has 1 N–H and O–H groups in total. The minimum absolute atomic E-state index is 0.0486. The summed E-state index contributed by atoms with van der Waals surface area (Å²) in [6.45, 7) is -0.0486. The monoisotopic (exact) mass is 166 g/mol. The van der Waals surface area contributed by atoms with Crippen molar-refractivity contribution in [2.75, 3.05) is 6.61 Å². The van der Waals surface area contributed by atoms with Gasteiger partial charge in [-0.15, -0.1) is 0 Å². The van der Waals surface area contributed by atoms with Crippen molar-refractivity contribution in [3.63, 3.8) is 0 Å². The van der Waals surface area contributed by atoms with Crippen LogP contribution in [0.15, 0.2) is 12.3 Å². The Labute approximate surface area is 69.1 Å². The zero-order valence-electron chi connectivity index (χ0n) is 6.29. The van der Waals surface area contributed by atoms with Gasteiger partial charge in [0.2, 0.25) is 0 Å². The Hall–Kier alpha value is -1.47. The lowest BCUT2D eigenvalue weighted by atomic mass is 10.2. The second-order valence-corrected chi connectivity index (χ2v) is 2.26. The van der Waals surface area contributed by atoms with E-state index in [4.69, 9.17) is 10.4 Å². The second-order valence-electron chi connectivity index (χ2n) is 2.26. The number of rotatable bonds is 2. The van der Waals surface area contributed by atoms with E-state index in [0.29, 0.717) is 12.0 Å². The van der Waals surface area contributed by atoms with E-state index >= 15 is 0 Å². The van der Waals surface area contributed by atoms with Crippen molar-refractivity contribution in [2.24, 2.45) is 0 Å². The topological polar surface area (TPSA) is 56.9 Å². The molecule has 0 saturated carbocycles. The van der Waals surface area contributed by atoms with Gasteiger partial charge in [-0.05, 0) is 18.1 Å². The Bertz CT molecular complexity index is 319. The third-order valence-corrected chi connectivity index (χ3v) is 1.40. The molecule has 0 spiro atoms. The summed E-state index contributed by atoms with van der Waals surface area (Å²) >= 11 is 0. The van der Waals surface area contributed by atoms with Gasteiger partial charge in [-0.25, -0.2) is 9.37 Å². The van der Waals surface area contributed by atoms with Crippen LogP contribution in [0.1, 0.15) is 11.3 Å². The summed E-state index contributed by atoms with van der Waals surface area (Å²) in [7, 11) is 0. The van der Waals surface area contributed by atoms with Gasteiger partial charge in [-0.2, -0.15) is 5.26 Å². The molecule has 0 saturated heterocycles. The summed E-state index contributed by atoms with van der Waals surface area (Å²) in [6, 6.07) is 2.83. The van der Waals surface area contributed by atoms with Crippen molar-refractivity contribution in [3.8, 4) is 6.07 Å². The number of aliphatic hydroxyl groups is 1. The SMILES string of the molecule is N#Cc1ncc(CCO)cc1F. The molecule has 1 heterocycles. The average molecular weight is 166 g/mol. The maximum absolute atomic E-state index is 12.8. The van der Waals surface area contributed by atoms with E-state index in [1.807, 2.05) is 0 Å². The minimum atomic E-state index is -0.636. The zero-order chi connectivity index (χ0) is 8.97. The molecule has 0 fully saturated rings. The van der Waals surface area contributed by atoms with Gasteiger partial charge >= 0.3 is 0 Å². The van der Waals surface area contributed by atoms with Crippen LogP contribution in [0, 0.1) is 17.1 Å². The Kier molecular flexibility index (Phi) is 2.72. The van der Waals surface area contributed by atoms with Crippen molar-refractivity contribution in [2.45, 2.75) is 6.42 Å². The highest BCUT2D eigenvalue weighted by Gasteiger charge is 2.02. The molecule has 12 heavy (non-hydrogen) atoms. The molecular weight excluding hydrogens is 159 g/mol. The Morgan fingerprint density at radius 1 is 1.67 bits per heavy atom. The van der Waals surface area contributed by atoms with E-state index in [9.17, 15) is 4.39 Å². The lowest BCUT2D eigenvalue weighted by Crippen LogP contribution is -1.96. The first-order valence-corrected chi connectivity index (χ1v) is 3.43. The number of aliphatic hydroxyl groups excluding tert-OH is 1. The predicted octanol–water partition coefficient (Wildman–Crippen LogP) is 0.627. The molecular formula is C8H7FN2O. The van der Waals surface area contributed by atoms with Gasteiger partial charge in [0.25, 0.3) is 0 Å². The van der Waals surface area contributed by atoms with Gasteiger partial charge in [0.1, 0.15) is 6.07 Å². The average Bonchev–Trinajstić information content (AvgIpc) is 2.05. The van der Waals surface area contributed by atoms with E-state index in [-0.39, 0.29) is 12.3 Å². The van der Waals surface area contributed by atoms with Gasteiger partial charge in [0.15, 0.2) is 11.5 Å². The number of pyridine rings is 1. The molecule has 0 unspecified atom stereocenters. The standard InChI is InChI=1S/C8H7FN2O/c9-7-3-6(1-2-12)5-11-8(7)4-10/h3,5,12H,1-2H2. The first kappa shape index (κ1) is 8.62. The third-order valence-electron chi connectivity index (χ3n) is 1.40. The van der Waals surface area contributed by atoms with E-state index in [1.54, 1.807) is 6.07 Å². The fourth-order valence-electron chi connectivity index (χ4n) is 0.826. The number of halogens is 1. The van der Waals surface area contributed by atoms with Crippen LogP contribution in [0.25, 0.3) is 0 Å². The lowest BCUT2D eigenvalue weighted by Gasteiger charge is -1.97. The Balaban J connectivity index is 2.96. The molecule has 0 bridgehead atoms. The van der Waals surface area contributed by atoms with E-state index in [2.05, 4.69) is 4.98 Å². The maximum atomic E-state index is 12.8. The number of aromatic nitrogens is 1. The molecule has 0 radical (unpaired) electrons. The molecule has 0 aromatic carbocycles. The molecule has 0 aliphatic heterocycles. The molecule has 1 aromatic heterocycles. The quantitative estimate of drug-likeness (QED) is 0.700. The molecule has 62 valence electrons. The van der Waals surface area contributed by atoms with Crippen molar-refractivity contribution in [3.05, 3.63) is 29.3 Å². The summed E-state index contributed by atoms with van der Waals surface area (Å²) in [4.78, 5) is 3.57. The summed E-state index contributed by atoms with van der Waals surface area (Å²) < 4.78 is 12.8. The van der Waals surface area contributed by atoms with Crippen LogP contribution in [-0.2, 0) is 6.42 Å². The molecule has 1 aromatic rings. The smallest absolute Gasteiger partial charge is 0.176 e. The normalized spacial score (nSPS) is 9.42. The summed E-state index contributed by atoms with van der Waals surface area (Å²) in [5.74, 6) is -0.636. The van der Waals surface area contributed by atoms with Crippen molar-refractivity contribution < 1.29 is 9.50 Å². The minimum Gasteiger partial charge on any atom is -0.396 e. The third kappa shape index (κ3) is 1.77. The van der Waals surface area contributed by atoms with E-state index in [0.717, 1.165) is 0 Å². The maximum Gasteiger partial charge on any atom is 0.176 e. The van der Waals surface area contributed by atoms with Gasteiger partial charge in [-0.3, -0.25) is 0 Å². The zero-order valence-corrected chi connectivity index (χ0v) is 6.29. The highest BCUT2D eigenvalue weighted by Crippen LogP contribution is 2.05. The van der Waals surface area contributed by atoms with Crippen LogP contribution in [0.2, 0.25) is 0 Å². The number of nitriles is 1. The predicted molar refractivity (Wildman–Crippen MR) is 39.7 cm³/mol. The summed E-state index contributed by atoms with van der Waals surface area (Å²) in [5.41, 5.74) is 0.380.